The summed E-state index contributed by atoms with van der Waals surface area (Å²) in [4.78, 5) is 0. The van der Waals surface area contributed by atoms with Crippen molar-refractivity contribution in [3.8, 4) is 0 Å². The molecule has 2 atom stereocenters. The van der Waals surface area contributed by atoms with Crippen LogP contribution in [0.4, 0.5) is 0 Å². The molecule has 4 rings (SSSR count). The third kappa shape index (κ3) is 1.35. The van der Waals surface area contributed by atoms with Gasteiger partial charge in [0.05, 0.1) is 13.7 Å². The Morgan fingerprint density at radius 3 is 2.18 bits per heavy atom. The van der Waals surface area contributed by atoms with E-state index in [1.165, 1.54) is 12.8 Å². The molecule has 2 unspecified atom stereocenters. The van der Waals surface area contributed by atoms with Gasteiger partial charge in [0.2, 0.25) is 0 Å². The average molecular weight is 240 g/mol. The minimum Gasteiger partial charge on any atom is -0.151 e. The van der Waals surface area contributed by atoms with Crippen LogP contribution in [-0.4, -0.2) is 17.2 Å². The molecule has 0 aromatic heterocycles. The quantitative estimate of drug-likeness (QED) is 0.645. The second-order valence-corrected chi connectivity index (χ2v) is 11.3. The van der Waals surface area contributed by atoms with Gasteiger partial charge in [-0.25, -0.2) is 0 Å². The maximum atomic E-state index is 4.75. The second kappa shape index (κ2) is 2.62. The van der Waals surface area contributed by atoms with E-state index >= 15 is 0 Å². The van der Waals surface area contributed by atoms with Gasteiger partial charge in [-0.1, -0.05) is 0 Å². The molecular weight excluding hydrogens is 232 g/mol. The summed E-state index contributed by atoms with van der Waals surface area (Å²) in [6, 6.07) is 0. The second-order valence-electron chi connectivity index (χ2n) is 2.95. The summed E-state index contributed by atoms with van der Waals surface area (Å²) in [5.41, 5.74) is 0. The molecule has 4 heterocycles. The van der Waals surface area contributed by atoms with Crippen molar-refractivity contribution in [2.45, 2.75) is 30.0 Å². The largest absolute Gasteiger partial charge is 0.151 e. The lowest BCUT2D eigenvalue weighted by atomic mass is 10.5. The molecule has 11 heavy (non-hydrogen) atoms. The Bertz CT molecular complexity index is 156. The lowest BCUT2D eigenvalue weighted by Gasteiger charge is -2.52. The monoisotopic (exact) mass is 240 g/mol. The fourth-order valence-electron chi connectivity index (χ4n) is 1.63. The van der Waals surface area contributed by atoms with Crippen LogP contribution in [-0.2, 0) is 0 Å². The van der Waals surface area contributed by atoms with Crippen molar-refractivity contribution < 1.29 is 0 Å². The van der Waals surface area contributed by atoms with Crippen molar-refractivity contribution in [2.24, 2.45) is 0 Å². The molecule has 0 nitrogen and oxygen atoms in total. The summed E-state index contributed by atoms with van der Waals surface area (Å²) >= 11 is 13.3. The predicted molar refractivity (Wildman–Crippen MR) is 62.7 cm³/mol. The third-order valence-electron chi connectivity index (χ3n) is 2.05. The average Bonchev–Trinajstić information content (AvgIpc) is 1.79. The molecule has 5 heteroatoms. The van der Waals surface area contributed by atoms with Crippen molar-refractivity contribution in [3.05, 3.63) is 0 Å². The third-order valence-corrected chi connectivity index (χ3v) is 9.26. The molecule has 4 fully saturated rings. The van der Waals surface area contributed by atoms with Gasteiger partial charge in [0, 0.05) is 6.42 Å². The van der Waals surface area contributed by atoms with E-state index in [-0.39, 0.29) is 3.41 Å². The molecule has 0 radical (unpaired) electrons. The number of hydrogen-bond donors (Lipinski definition) is 1. The van der Waals surface area contributed by atoms with E-state index in [1.54, 1.807) is 0 Å². The van der Waals surface area contributed by atoms with Crippen molar-refractivity contribution in [1.29, 1.82) is 0 Å². The van der Waals surface area contributed by atoms with Gasteiger partial charge in [-0.15, -0.1) is 47.0 Å². The van der Waals surface area contributed by atoms with Gasteiger partial charge in [-0.2, -0.15) is 12.6 Å². The zero-order valence-corrected chi connectivity index (χ0v) is 9.89. The summed E-state index contributed by atoms with van der Waals surface area (Å²) in [5.74, 6) is 0. The SMILES string of the molecule is SC12CC3SC(CC(S3)S1)S2. The summed E-state index contributed by atoms with van der Waals surface area (Å²) in [7, 11) is 0. The molecule has 4 aliphatic rings. The minimum atomic E-state index is 0.286. The molecule has 0 aliphatic carbocycles. The summed E-state index contributed by atoms with van der Waals surface area (Å²) in [5, 5.41) is 0. The predicted octanol–water partition coefficient (Wildman–Crippen LogP) is 3.30. The van der Waals surface area contributed by atoms with Crippen molar-refractivity contribution in [2.75, 3.05) is 0 Å². The molecule has 0 N–H and O–H groups in total. The van der Waals surface area contributed by atoms with Gasteiger partial charge in [0.1, 0.15) is 3.41 Å². The van der Waals surface area contributed by atoms with Crippen LogP contribution in [0.2, 0.25) is 0 Å². The van der Waals surface area contributed by atoms with Gasteiger partial charge in [-0.05, 0) is 6.42 Å². The fraction of sp³-hybridized carbons (Fsp3) is 1.00. The summed E-state index contributed by atoms with van der Waals surface area (Å²) in [6.45, 7) is 0. The van der Waals surface area contributed by atoms with E-state index in [0.29, 0.717) is 0 Å². The summed E-state index contributed by atoms with van der Waals surface area (Å²) < 4.78 is 2.87. The highest BCUT2D eigenvalue weighted by molar-refractivity contribution is 8.41. The van der Waals surface area contributed by atoms with Crippen LogP contribution in [0.3, 0.4) is 0 Å². The lowest BCUT2D eigenvalue weighted by molar-refractivity contribution is 0.871. The Morgan fingerprint density at radius 1 is 1.09 bits per heavy atom. The van der Waals surface area contributed by atoms with E-state index in [0.717, 1.165) is 13.7 Å². The highest BCUT2D eigenvalue weighted by atomic mass is 32.3. The van der Waals surface area contributed by atoms with Crippen LogP contribution in [0, 0.1) is 0 Å². The van der Waals surface area contributed by atoms with Crippen molar-refractivity contribution >= 4 is 59.7 Å². The standard InChI is InChI=1S/C6H8S5/c7-6-2-5-8-3(10-6)1-4(9-5)11-6/h3-5,7H,1-2H2. The Kier molecular flexibility index (Phi) is 1.93. The maximum Gasteiger partial charge on any atom is 0.108 e. The number of thioether (sulfide) groups is 4. The van der Waals surface area contributed by atoms with Crippen LogP contribution in [0.1, 0.15) is 12.8 Å². The van der Waals surface area contributed by atoms with E-state index in [4.69, 9.17) is 12.6 Å². The highest BCUT2D eigenvalue weighted by Crippen LogP contribution is 2.70. The van der Waals surface area contributed by atoms with Crippen LogP contribution < -0.4 is 0 Å². The molecule has 0 aromatic carbocycles. The van der Waals surface area contributed by atoms with Gasteiger partial charge in [0.25, 0.3) is 0 Å². The molecule has 0 saturated carbocycles. The smallest absolute Gasteiger partial charge is 0.108 e. The molecule has 62 valence electrons. The molecular formula is C6H8S5. The van der Waals surface area contributed by atoms with E-state index < -0.39 is 0 Å². The first kappa shape index (κ1) is 8.09. The minimum absolute atomic E-state index is 0.286. The Labute approximate surface area is 89.2 Å². The normalized spacial score (nSPS) is 60.3. The number of hydrogen-bond acceptors (Lipinski definition) is 5. The molecule has 4 aliphatic heterocycles. The molecule has 4 saturated heterocycles. The highest BCUT2D eigenvalue weighted by Gasteiger charge is 2.51. The van der Waals surface area contributed by atoms with Crippen molar-refractivity contribution in [1.82, 2.24) is 0 Å². The van der Waals surface area contributed by atoms with Gasteiger partial charge in [-0.3, -0.25) is 0 Å². The first-order chi connectivity index (χ1) is 5.23. The molecule has 0 amide bonds. The van der Waals surface area contributed by atoms with E-state index in [1.807, 2.05) is 0 Å². The first-order valence-corrected chi connectivity index (χ1v) is 7.72. The first-order valence-electron chi connectivity index (χ1n) is 3.62. The molecule has 0 aromatic rings. The maximum absolute atomic E-state index is 4.75. The summed E-state index contributed by atoms with van der Waals surface area (Å²) in [6.07, 6.45) is 2.68. The Morgan fingerprint density at radius 2 is 1.73 bits per heavy atom. The zero-order chi connectivity index (χ0) is 7.47. The zero-order valence-electron chi connectivity index (χ0n) is 5.73. The van der Waals surface area contributed by atoms with Crippen LogP contribution >= 0.6 is 59.7 Å². The lowest BCUT2D eigenvalue weighted by Crippen LogP contribution is -2.40. The molecule has 0 spiro atoms. The van der Waals surface area contributed by atoms with Crippen molar-refractivity contribution in [3.63, 3.8) is 0 Å². The van der Waals surface area contributed by atoms with Gasteiger partial charge in [0.15, 0.2) is 0 Å². The topological polar surface area (TPSA) is 0 Å². The molecule has 4 bridgehead atoms. The van der Waals surface area contributed by atoms with E-state index in [9.17, 15) is 0 Å². The number of rotatable bonds is 0. The van der Waals surface area contributed by atoms with Gasteiger partial charge < -0.3 is 0 Å². The fourth-order valence-corrected chi connectivity index (χ4v) is 13.1. The van der Waals surface area contributed by atoms with Crippen LogP contribution in [0.5, 0.6) is 0 Å². The Hall–Kier alpha value is 1.75. The van der Waals surface area contributed by atoms with Gasteiger partial charge >= 0.3 is 0 Å². The number of thiol groups is 1. The van der Waals surface area contributed by atoms with E-state index in [2.05, 4.69) is 47.0 Å². The van der Waals surface area contributed by atoms with Crippen LogP contribution in [0.15, 0.2) is 0 Å². The van der Waals surface area contributed by atoms with Crippen LogP contribution in [0.25, 0.3) is 0 Å². The Balaban J connectivity index is 1.94.